The number of benzene rings is 1. The molecule has 3 heterocycles. The summed E-state index contributed by atoms with van der Waals surface area (Å²) in [5.41, 5.74) is 0.214. The first-order chi connectivity index (χ1) is 21.4. The smallest absolute Gasteiger partial charge is 0.361 e. The summed E-state index contributed by atoms with van der Waals surface area (Å²) in [7, 11) is -0.143. The minimum absolute atomic E-state index is 0.0174. The molecule has 1 atom stereocenters. The van der Waals surface area contributed by atoms with Gasteiger partial charge in [0.05, 0.1) is 33.4 Å². The van der Waals surface area contributed by atoms with Crippen molar-refractivity contribution in [3.63, 3.8) is 0 Å². The van der Waals surface area contributed by atoms with Crippen molar-refractivity contribution in [1.29, 1.82) is 0 Å². The first-order valence-corrected chi connectivity index (χ1v) is 18.8. The predicted octanol–water partition coefficient (Wildman–Crippen LogP) is 8.10. The van der Waals surface area contributed by atoms with Crippen LogP contribution in [0.2, 0.25) is 25.7 Å². The monoisotopic (exact) mass is 730 g/mol. The molecule has 1 N–H and O–H groups in total. The number of aromatic nitrogens is 3. The third-order valence-corrected chi connectivity index (χ3v) is 9.76. The number of ether oxygens (including phenoxy) is 1. The van der Waals surface area contributed by atoms with Crippen LogP contribution in [0.3, 0.4) is 0 Å². The largest absolute Gasteiger partial charge is 0.393 e. The summed E-state index contributed by atoms with van der Waals surface area (Å²) in [5, 5.41) is 2.55. The van der Waals surface area contributed by atoms with Crippen LogP contribution in [0.25, 0.3) is 22.2 Å². The molecular formula is C31H33BrF6N4O3Si. The zero-order chi connectivity index (χ0) is 34.0. The highest BCUT2D eigenvalue weighted by Gasteiger charge is 2.32. The SMILES string of the molecule is Cn1cc(CC(F)(F)F)c2c(c(Br)c(-c3ccnc(NC(=O)C(CC(F)F)c4ccc(F)cc4)c3)n2COCC[Si](C)(C)C)c1=O. The number of aryl methyl sites for hydroxylation is 1. The summed E-state index contributed by atoms with van der Waals surface area (Å²) in [6.45, 7) is 6.64. The number of anilines is 1. The maximum Gasteiger partial charge on any atom is 0.393 e. The Morgan fingerprint density at radius 1 is 1.13 bits per heavy atom. The molecule has 46 heavy (non-hydrogen) atoms. The molecule has 1 unspecified atom stereocenters. The molecule has 0 aliphatic carbocycles. The van der Waals surface area contributed by atoms with E-state index in [1.54, 1.807) is 0 Å². The molecule has 0 saturated heterocycles. The van der Waals surface area contributed by atoms with Gasteiger partial charge in [0.2, 0.25) is 12.3 Å². The van der Waals surface area contributed by atoms with E-state index in [0.717, 1.165) is 28.9 Å². The highest BCUT2D eigenvalue weighted by atomic mass is 79.9. The van der Waals surface area contributed by atoms with E-state index in [0.29, 0.717) is 17.9 Å². The Hall–Kier alpha value is -3.43. The number of carbonyl (C=O) groups is 1. The lowest BCUT2D eigenvalue weighted by Crippen LogP contribution is -2.23. The van der Waals surface area contributed by atoms with Crippen LogP contribution < -0.4 is 10.9 Å². The zero-order valence-electron chi connectivity index (χ0n) is 25.5. The molecule has 3 aromatic heterocycles. The minimum atomic E-state index is -4.57. The van der Waals surface area contributed by atoms with Crippen LogP contribution in [0.1, 0.15) is 23.5 Å². The van der Waals surface area contributed by atoms with Gasteiger partial charge in [0, 0.05) is 51.7 Å². The number of pyridine rings is 2. The van der Waals surface area contributed by atoms with Crippen LogP contribution in [0.4, 0.5) is 32.2 Å². The van der Waals surface area contributed by atoms with Crippen molar-refractivity contribution in [2.24, 2.45) is 7.05 Å². The zero-order valence-corrected chi connectivity index (χ0v) is 28.1. The molecule has 0 bridgehead atoms. The van der Waals surface area contributed by atoms with E-state index in [1.807, 2.05) is 0 Å². The Morgan fingerprint density at radius 3 is 2.41 bits per heavy atom. The Balaban J connectivity index is 1.81. The van der Waals surface area contributed by atoms with E-state index in [2.05, 4.69) is 45.9 Å². The third kappa shape index (κ3) is 8.67. The van der Waals surface area contributed by atoms with Crippen molar-refractivity contribution >= 4 is 46.6 Å². The average Bonchev–Trinajstić information content (AvgIpc) is 3.24. The number of hydrogen-bond acceptors (Lipinski definition) is 4. The van der Waals surface area contributed by atoms with Crippen molar-refractivity contribution in [2.45, 2.75) is 63.8 Å². The molecule has 248 valence electrons. The Morgan fingerprint density at radius 2 is 1.80 bits per heavy atom. The molecule has 0 radical (unpaired) electrons. The molecule has 0 aliphatic rings. The summed E-state index contributed by atoms with van der Waals surface area (Å²) in [6.07, 6.45) is -7.03. The maximum absolute atomic E-state index is 13.7. The second kappa shape index (κ2) is 14.1. The van der Waals surface area contributed by atoms with Gasteiger partial charge >= 0.3 is 6.18 Å². The first-order valence-electron chi connectivity index (χ1n) is 14.3. The van der Waals surface area contributed by atoms with Crippen LogP contribution in [0.15, 0.2) is 58.1 Å². The van der Waals surface area contributed by atoms with Crippen molar-refractivity contribution in [1.82, 2.24) is 14.1 Å². The van der Waals surface area contributed by atoms with E-state index >= 15 is 0 Å². The van der Waals surface area contributed by atoms with Gasteiger partial charge in [-0.15, -0.1) is 0 Å². The number of amides is 1. The number of alkyl halides is 5. The molecule has 15 heteroatoms. The van der Waals surface area contributed by atoms with Gasteiger partial charge in [0.15, 0.2) is 0 Å². The fourth-order valence-corrected chi connectivity index (χ4v) is 6.62. The number of fused-ring (bicyclic) bond motifs is 1. The number of rotatable bonds is 12. The van der Waals surface area contributed by atoms with Crippen LogP contribution in [-0.2, 0) is 29.7 Å². The summed E-state index contributed by atoms with van der Waals surface area (Å²) in [6, 6.07) is 8.40. The standard InChI is InChI=1S/C31H33BrF6N4O3Si/c1-41-16-20(15-31(36,37)38)27-25(30(41)44)26(32)28(42(27)17-45-11-12-46(2,3)4)19-9-10-39-24(13-19)40-29(43)22(14-23(34)35)18-5-7-21(33)8-6-18/h5-10,13,16,22-23H,11-12,14-15,17H2,1-4H3,(H,39,40,43). The van der Waals surface area contributed by atoms with Crippen molar-refractivity contribution in [3.8, 4) is 11.3 Å². The average molecular weight is 732 g/mol. The van der Waals surface area contributed by atoms with Gasteiger partial charge in [0.25, 0.3) is 5.56 Å². The van der Waals surface area contributed by atoms with Crippen LogP contribution in [-0.4, -0.2) is 47.3 Å². The summed E-state index contributed by atoms with van der Waals surface area (Å²) in [5.74, 6) is -2.76. The molecule has 0 saturated carbocycles. The molecule has 1 aromatic carbocycles. The highest BCUT2D eigenvalue weighted by molar-refractivity contribution is 9.10. The molecule has 0 spiro atoms. The summed E-state index contributed by atoms with van der Waals surface area (Å²) in [4.78, 5) is 30.7. The lowest BCUT2D eigenvalue weighted by molar-refractivity contribution is -0.127. The Kier molecular flexibility index (Phi) is 10.9. The van der Waals surface area contributed by atoms with E-state index in [-0.39, 0.29) is 39.1 Å². The number of nitrogens with zero attached hydrogens (tertiary/aromatic N) is 3. The lowest BCUT2D eigenvalue weighted by Gasteiger charge is -2.19. The van der Waals surface area contributed by atoms with Crippen molar-refractivity contribution in [2.75, 3.05) is 11.9 Å². The van der Waals surface area contributed by atoms with Gasteiger partial charge in [-0.25, -0.2) is 18.2 Å². The van der Waals surface area contributed by atoms with Gasteiger partial charge in [-0.1, -0.05) is 31.8 Å². The van der Waals surface area contributed by atoms with E-state index in [9.17, 15) is 35.9 Å². The third-order valence-electron chi connectivity index (χ3n) is 7.29. The second-order valence-corrected chi connectivity index (χ2v) is 18.6. The molecular weight excluding hydrogens is 698 g/mol. The summed E-state index contributed by atoms with van der Waals surface area (Å²) >= 11 is 3.46. The van der Waals surface area contributed by atoms with E-state index in [4.69, 9.17) is 4.74 Å². The highest BCUT2D eigenvalue weighted by Crippen LogP contribution is 2.39. The molecule has 1 amide bonds. The Bertz CT molecular complexity index is 1770. The van der Waals surface area contributed by atoms with E-state index in [1.165, 1.54) is 42.1 Å². The number of carbonyl (C=O) groups excluding carboxylic acids is 1. The Labute approximate surface area is 270 Å². The lowest BCUT2D eigenvalue weighted by atomic mass is 9.95. The fraction of sp³-hybridized carbons (Fsp3) is 0.387. The molecule has 4 rings (SSSR count). The molecule has 0 fully saturated rings. The number of halogens is 7. The van der Waals surface area contributed by atoms with Gasteiger partial charge in [0.1, 0.15) is 18.4 Å². The van der Waals surface area contributed by atoms with Gasteiger partial charge in [-0.05, 0) is 51.8 Å². The topological polar surface area (TPSA) is 78.2 Å². The normalized spacial score (nSPS) is 13.0. The predicted molar refractivity (Wildman–Crippen MR) is 170 cm³/mol. The van der Waals surface area contributed by atoms with Gasteiger partial charge < -0.3 is 19.2 Å². The second-order valence-electron chi connectivity index (χ2n) is 12.2. The van der Waals surface area contributed by atoms with Crippen molar-refractivity contribution in [3.05, 3.63) is 80.6 Å². The van der Waals surface area contributed by atoms with Crippen LogP contribution >= 0.6 is 15.9 Å². The fourth-order valence-electron chi connectivity index (χ4n) is 5.07. The van der Waals surface area contributed by atoms with E-state index < -0.39 is 56.7 Å². The van der Waals surface area contributed by atoms with Crippen LogP contribution in [0, 0.1) is 5.82 Å². The molecule has 7 nitrogen and oxygen atoms in total. The minimum Gasteiger partial charge on any atom is -0.361 e. The van der Waals surface area contributed by atoms with Gasteiger partial charge in [-0.3, -0.25) is 9.59 Å². The molecule has 4 aromatic rings. The first kappa shape index (κ1) is 35.4. The number of nitrogens with one attached hydrogen (secondary N) is 1. The molecule has 0 aliphatic heterocycles. The maximum atomic E-state index is 13.7. The van der Waals surface area contributed by atoms with Crippen molar-refractivity contribution < 1.29 is 35.9 Å². The summed E-state index contributed by atoms with van der Waals surface area (Å²) < 4.78 is 90.2. The number of hydrogen-bond donors (Lipinski definition) is 1. The van der Waals surface area contributed by atoms with Gasteiger partial charge in [-0.2, -0.15) is 13.2 Å². The quantitative estimate of drug-likeness (QED) is 0.0908. The van der Waals surface area contributed by atoms with Crippen LogP contribution in [0.5, 0.6) is 0 Å².